The van der Waals surface area contributed by atoms with Crippen LogP contribution in [-0.4, -0.2) is 50.8 Å². The number of thiazole rings is 1. The molecule has 1 aliphatic rings. The van der Waals surface area contributed by atoms with Crippen LogP contribution in [0.2, 0.25) is 0 Å². The molecule has 0 spiro atoms. The van der Waals surface area contributed by atoms with Gasteiger partial charge in [0.15, 0.2) is 5.82 Å². The van der Waals surface area contributed by atoms with Gasteiger partial charge in [-0.3, -0.25) is 9.69 Å². The van der Waals surface area contributed by atoms with E-state index < -0.39 is 0 Å². The van der Waals surface area contributed by atoms with E-state index in [2.05, 4.69) is 46.2 Å². The van der Waals surface area contributed by atoms with E-state index in [1.54, 1.807) is 4.52 Å². The molecule has 3 heterocycles. The fourth-order valence-electron chi connectivity index (χ4n) is 3.96. The van der Waals surface area contributed by atoms with Crippen LogP contribution in [0.25, 0.3) is 4.96 Å². The monoisotopic (exact) mass is 414 g/mol. The van der Waals surface area contributed by atoms with Crippen LogP contribution in [-0.2, 0) is 16.0 Å². The van der Waals surface area contributed by atoms with Gasteiger partial charge >= 0.3 is 5.97 Å². The summed E-state index contributed by atoms with van der Waals surface area (Å²) in [5, 5.41) is 15.4. The summed E-state index contributed by atoms with van der Waals surface area (Å²) in [5.41, 5.74) is 2.30. The molecule has 29 heavy (non-hydrogen) atoms. The lowest BCUT2D eigenvalue weighted by Gasteiger charge is -2.36. The van der Waals surface area contributed by atoms with E-state index in [1.165, 1.54) is 24.0 Å². The zero-order chi connectivity index (χ0) is 20.5. The number of nitrogens with zero attached hydrogens (tertiary/aromatic N) is 4. The van der Waals surface area contributed by atoms with Crippen molar-refractivity contribution in [2.45, 2.75) is 39.2 Å². The summed E-state index contributed by atoms with van der Waals surface area (Å²) >= 11 is 1.48. The summed E-state index contributed by atoms with van der Waals surface area (Å²) in [7, 11) is 1.45. The fourth-order valence-corrected chi connectivity index (χ4v) is 5.09. The molecule has 3 aromatic rings. The molecule has 0 aliphatic carbocycles. The van der Waals surface area contributed by atoms with Crippen LogP contribution in [0.1, 0.15) is 47.6 Å². The number of aryl methyl sites for hydroxylation is 2. The van der Waals surface area contributed by atoms with E-state index in [9.17, 15) is 9.90 Å². The van der Waals surface area contributed by atoms with Gasteiger partial charge < -0.3 is 9.84 Å². The number of ether oxygens (including phenoxy) is 1. The van der Waals surface area contributed by atoms with E-state index in [0.717, 1.165) is 48.6 Å². The van der Waals surface area contributed by atoms with Crippen LogP contribution in [0.15, 0.2) is 24.3 Å². The number of likely N-dealkylation sites (tertiary alicyclic amines) is 1. The second-order valence-electron chi connectivity index (χ2n) is 7.51. The minimum Gasteiger partial charge on any atom is -0.492 e. The van der Waals surface area contributed by atoms with Crippen molar-refractivity contribution in [1.82, 2.24) is 19.5 Å². The molecule has 0 saturated carbocycles. The number of benzene rings is 1. The molecule has 1 saturated heterocycles. The second kappa shape index (κ2) is 8.12. The largest absolute Gasteiger partial charge is 0.492 e. The van der Waals surface area contributed by atoms with Crippen molar-refractivity contribution in [3.8, 4) is 5.88 Å². The van der Waals surface area contributed by atoms with E-state index in [-0.39, 0.29) is 23.8 Å². The Labute approximate surface area is 173 Å². The number of fused-ring (bicyclic) bond motifs is 1. The summed E-state index contributed by atoms with van der Waals surface area (Å²) < 4.78 is 6.47. The molecule has 2 aromatic heterocycles. The van der Waals surface area contributed by atoms with Crippen molar-refractivity contribution in [2.75, 3.05) is 20.2 Å². The molecule has 0 unspecified atom stereocenters. The van der Waals surface area contributed by atoms with Gasteiger partial charge in [-0.05, 0) is 38.4 Å². The predicted molar refractivity (Wildman–Crippen MR) is 111 cm³/mol. The Hall–Kier alpha value is -2.45. The highest BCUT2D eigenvalue weighted by Gasteiger charge is 2.34. The smallest absolute Gasteiger partial charge is 0.308 e. The first-order valence-corrected chi connectivity index (χ1v) is 10.8. The molecular formula is C21H26N4O3S. The molecule has 1 N–H and O–H groups in total. The zero-order valence-electron chi connectivity index (χ0n) is 17.0. The topological polar surface area (TPSA) is 80.0 Å². The van der Waals surface area contributed by atoms with Crippen molar-refractivity contribution in [3.63, 3.8) is 0 Å². The maximum atomic E-state index is 11.9. The maximum absolute atomic E-state index is 11.9. The lowest BCUT2D eigenvalue weighted by molar-refractivity contribution is -0.147. The van der Waals surface area contributed by atoms with Gasteiger partial charge in [0.1, 0.15) is 0 Å². The van der Waals surface area contributed by atoms with E-state index >= 15 is 0 Å². The predicted octanol–water partition coefficient (Wildman–Crippen LogP) is 3.34. The summed E-state index contributed by atoms with van der Waals surface area (Å²) in [6.45, 7) is 5.57. The number of carbonyl (C=O) groups is 1. The Morgan fingerprint density at radius 3 is 2.59 bits per heavy atom. The third-order valence-electron chi connectivity index (χ3n) is 5.63. The Bertz CT molecular complexity index is 1000. The summed E-state index contributed by atoms with van der Waals surface area (Å²) in [6.07, 6.45) is 2.22. The first-order valence-electron chi connectivity index (χ1n) is 9.97. The fraction of sp³-hybridized carbons (Fsp3) is 0.476. The Morgan fingerprint density at radius 2 is 2.00 bits per heavy atom. The molecule has 1 fully saturated rings. The third kappa shape index (κ3) is 3.74. The average Bonchev–Trinajstić information content (AvgIpc) is 3.29. The van der Waals surface area contributed by atoms with Crippen molar-refractivity contribution in [3.05, 3.63) is 46.1 Å². The highest BCUT2D eigenvalue weighted by Crippen LogP contribution is 2.41. The van der Waals surface area contributed by atoms with Gasteiger partial charge in [-0.25, -0.2) is 4.98 Å². The van der Waals surface area contributed by atoms with Crippen LogP contribution in [0.5, 0.6) is 5.88 Å². The third-order valence-corrected chi connectivity index (χ3v) is 6.70. The lowest BCUT2D eigenvalue weighted by Crippen LogP contribution is -2.39. The zero-order valence-corrected chi connectivity index (χ0v) is 17.8. The van der Waals surface area contributed by atoms with Crippen LogP contribution in [0.4, 0.5) is 0 Å². The molecule has 1 atom stereocenters. The van der Waals surface area contributed by atoms with Gasteiger partial charge in [0.25, 0.3) is 0 Å². The van der Waals surface area contributed by atoms with Gasteiger partial charge in [0.05, 0.1) is 23.9 Å². The van der Waals surface area contributed by atoms with Crippen molar-refractivity contribution in [1.29, 1.82) is 0 Å². The molecule has 1 aliphatic heterocycles. The number of carbonyl (C=O) groups excluding carboxylic acids is 1. The number of aromatic hydroxyl groups is 1. The van der Waals surface area contributed by atoms with Crippen LogP contribution in [0, 0.1) is 12.8 Å². The molecule has 0 radical (unpaired) electrons. The first-order chi connectivity index (χ1) is 14.0. The second-order valence-corrected chi connectivity index (χ2v) is 8.52. The maximum Gasteiger partial charge on any atom is 0.308 e. The summed E-state index contributed by atoms with van der Waals surface area (Å²) in [6, 6.07) is 8.30. The van der Waals surface area contributed by atoms with Crippen LogP contribution in [0.3, 0.4) is 0 Å². The van der Waals surface area contributed by atoms with Gasteiger partial charge in [0.2, 0.25) is 10.8 Å². The van der Waals surface area contributed by atoms with Crippen LogP contribution < -0.4 is 0 Å². The Kier molecular flexibility index (Phi) is 5.56. The summed E-state index contributed by atoms with van der Waals surface area (Å²) in [4.78, 5) is 20.3. The quantitative estimate of drug-likeness (QED) is 0.645. The molecule has 7 nitrogen and oxygen atoms in total. The molecule has 0 amide bonds. The van der Waals surface area contributed by atoms with E-state index in [4.69, 9.17) is 4.74 Å². The number of aromatic nitrogens is 3. The average molecular weight is 415 g/mol. The minimum absolute atomic E-state index is 0.0575. The van der Waals surface area contributed by atoms with Crippen molar-refractivity contribution >= 4 is 22.3 Å². The minimum atomic E-state index is -0.134. The number of rotatable bonds is 5. The highest BCUT2D eigenvalue weighted by molar-refractivity contribution is 7.17. The number of hydrogen-bond acceptors (Lipinski definition) is 7. The highest BCUT2D eigenvalue weighted by atomic mass is 32.1. The number of methoxy groups -OCH3 is 1. The molecule has 0 bridgehead atoms. The SMILES string of the molecule is CCc1nc2sc([C@@H](c3ccc(C)cc3)N3CCC(C(=O)OC)CC3)c(O)n2n1. The van der Waals surface area contributed by atoms with Gasteiger partial charge in [-0.2, -0.15) is 4.52 Å². The molecule has 8 heteroatoms. The molecule has 154 valence electrons. The van der Waals surface area contributed by atoms with Crippen LogP contribution >= 0.6 is 11.3 Å². The Morgan fingerprint density at radius 1 is 1.31 bits per heavy atom. The van der Waals surface area contributed by atoms with Crippen molar-refractivity contribution in [2.24, 2.45) is 5.92 Å². The first kappa shape index (κ1) is 19.8. The van der Waals surface area contributed by atoms with Crippen molar-refractivity contribution < 1.29 is 14.6 Å². The number of hydrogen-bond donors (Lipinski definition) is 1. The molecule has 1 aromatic carbocycles. The Balaban J connectivity index is 1.70. The normalized spacial score (nSPS) is 16.9. The standard InChI is InChI=1S/C21H26N4O3S/c1-4-16-22-21-25(23-16)19(26)18(29-21)17(14-7-5-13(2)6-8-14)24-11-9-15(10-12-24)20(27)28-3/h5-8,15,17,26H,4,9-12H2,1-3H3/t17-/m1/s1. The van der Waals surface area contributed by atoms with E-state index in [0.29, 0.717) is 4.96 Å². The van der Waals surface area contributed by atoms with E-state index in [1.807, 2.05) is 6.92 Å². The summed E-state index contributed by atoms with van der Waals surface area (Å²) in [5.74, 6) is 0.685. The lowest BCUT2D eigenvalue weighted by atomic mass is 9.93. The molecule has 4 rings (SSSR count). The van der Waals surface area contributed by atoms with Gasteiger partial charge in [-0.15, -0.1) is 5.10 Å². The van der Waals surface area contributed by atoms with Gasteiger partial charge in [-0.1, -0.05) is 48.1 Å². The number of piperidine rings is 1. The van der Waals surface area contributed by atoms with Gasteiger partial charge in [0, 0.05) is 6.42 Å². The molecular weight excluding hydrogens is 388 g/mol. The number of esters is 1.